The summed E-state index contributed by atoms with van der Waals surface area (Å²) < 4.78 is 5.03. The van der Waals surface area contributed by atoms with Gasteiger partial charge in [-0.25, -0.2) is 0 Å². The van der Waals surface area contributed by atoms with Gasteiger partial charge in [0.05, 0.1) is 12.3 Å². The molecular weight excluding hydrogens is 484 g/mol. The minimum Gasteiger partial charge on any atom is -0.481 e. The van der Waals surface area contributed by atoms with Crippen molar-refractivity contribution >= 4 is 11.9 Å². The van der Waals surface area contributed by atoms with E-state index in [0.717, 1.165) is 25.7 Å². The van der Waals surface area contributed by atoms with Crippen LogP contribution in [0.2, 0.25) is 0 Å². The Morgan fingerprint density at radius 2 is 1.03 bits per heavy atom. The van der Waals surface area contributed by atoms with Crippen LogP contribution in [0.15, 0.2) is 24.8 Å². The van der Waals surface area contributed by atoms with Crippen molar-refractivity contribution in [1.29, 1.82) is 0 Å². The third-order valence-corrected chi connectivity index (χ3v) is 7.66. The number of carboxylic acid groups (broad SMARTS) is 1. The number of esters is 1. The Morgan fingerprint density at radius 3 is 1.41 bits per heavy atom. The first kappa shape index (κ1) is 37.4. The highest BCUT2D eigenvalue weighted by Gasteiger charge is 2.22. The van der Waals surface area contributed by atoms with Crippen LogP contribution in [-0.4, -0.2) is 23.7 Å². The summed E-state index contributed by atoms with van der Waals surface area (Å²) in [5, 5.41) is 9.02. The quantitative estimate of drug-likeness (QED) is 0.0531. The number of carbonyl (C=O) groups is 2. The Bertz CT molecular complexity index is 583. The maximum Gasteiger partial charge on any atom is 0.309 e. The number of rotatable bonds is 31. The summed E-state index contributed by atoms with van der Waals surface area (Å²) in [5.41, 5.74) is 0. The summed E-state index contributed by atoms with van der Waals surface area (Å²) in [4.78, 5) is 23.0. The fourth-order valence-corrected chi connectivity index (χ4v) is 5.18. The zero-order valence-corrected chi connectivity index (χ0v) is 25.8. The highest BCUT2D eigenvalue weighted by Crippen LogP contribution is 2.18. The maximum absolute atomic E-state index is 12.0. The molecule has 228 valence electrons. The average Bonchev–Trinajstić information content (AvgIpc) is 2.92. The van der Waals surface area contributed by atoms with Crippen LogP contribution in [-0.2, 0) is 14.3 Å². The largest absolute Gasteiger partial charge is 0.481 e. The van der Waals surface area contributed by atoms with Gasteiger partial charge in [-0.1, -0.05) is 160 Å². The normalized spacial score (nSPS) is 12.1. The van der Waals surface area contributed by atoms with Gasteiger partial charge in [0, 0.05) is 0 Å². The Hall–Kier alpha value is -1.58. The second-order valence-electron chi connectivity index (χ2n) is 11.5. The molecule has 0 spiro atoms. The average molecular weight is 549 g/mol. The molecule has 1 N–H and O–H groups in total. The summed E-state index contributed by atoms with van der Waals surface area (Å²) in [7, 11) is 0. The smallest absolute Gasteiger partial charge is 0.309 e. The predicted octanol–water partition coefficient (Wildman–Crippen LogP) is 11.1. The van der Waals surface area contributed by atoms with Crippen molar-refractivity contribution in [2.24, 2.45) is 5.92 Å². The Morgan fingerprint density at radius 1 is 0.641 bits per heavy atom. The number of carboxylic acids is 1. The molecule has 1 unspecified atom stereocenters. The van der Waals surface area contributed by atoms with E-state index in [-0.39, 0.29) is 13.0 Å². The van der Waals surface area contributed by atoms with Crippen molar-refractivity contribution in [3.8, 4) is 0 Å². The molecule has 0 saturated heterocycles. The van der Waals surface area contributed by atoms with Gasteiger partial charge in [-0.3, -0.25) is 9.59 Å². The van der Waals surface area contributed by atoms with Crippen LogP contribution in [0.1, 0.15) is 174 Å². The number of unbranched alkanes of at least 4 members (excludes halogenated alkanes) is 22. The highest BCUT2D eigenvalue weighted by molar-refractivity contribution is 5.79. The molecule has 0 aromatic carbocycles. The van der Waals surface area contributed by atoms with E-state index in [1.165, 1.54) is 134 Å². The van der Waals surface area contributed by atoms with Gasteiger partial charge in [0.2, 0.25) is 0 Å². The third-order valence-electron chi connectivity index (χ3n) is 7.66. The van der Waals surface area contributed by atoms with Gasteiger partial charge >= 0.3 is 11.9 Å². The van der Waals surface area contributed by atoms with E-state index in [4.69, 9.17) is 9.84 Å². The predicted molar refractivity (Wildman–Crippen MR) is 167 cm³/mol. The second kappa shape index (κ2) is 31.0. The topological polar surface area (TPSA) is 63.6 Å². The number of carbonyl (C=O) groups excluding carboxylic acids is 1. The lowest BCUT2D eigenvalue weighted by Crippen LogP contribution is -2.21. The summed E-state index contributed by atoms with van der Waals surface area (Å²) in [6.45, 7) is 5.95. The molecule has 4 heteroatoms. The van der Waals surface area contributed by atoms with Crippen molar-refractivity contribution in [1.82, 2.24) is 0 Å². The van der Waals surface area contributed by atoms with Crippen LogP contribution in [0.4, 0.5) is 0 Å². The molecular formula is C35H64O4. The van der Waals surface area contributed by atoms with Crippen LogP contribution >= 0.6 is 0 Å². The maximum atomic E-state index is 12.0. The van der Waals surface area contributed by atoms with E-state index in [9.17, 15) is 9.59 Å². The summed E-state index contributed by atoms with van der Waals surface area (Å²) in [5.74, 6) is -1.92. The van der Waals surface area contributed by atoms with Crippen molar-refractivity contribution in [3.63, 3.8) is 0 Å². The Labute approximate surface area is 242 Å². The first-order valence-corrected chi connectivity index (χ1v) is 16.8. The van der Waals surface area contributed by atoms with E-state index in [1.54, 1.807) is 0 Å². The number of aliphatic carboxylic acids is 1. The molecule has 0 aliphatic rings. The number of hydrogen-bond acceptors (Lipinski definition) is 3. The summed E-state index contributed by atoms with van der Waals surface area (Å²) >= 11 is 0. The molecule has 0 amide bonds. The van der Waals surface area contributed by atoms with Crippen molar-refractivity contribution < 1.29 is 19.4 Å². The van der Waals surface area contributed by atoms with Gasteiger partial charge in [0.15, 0.2) is 0 Å². The molecule has 4 nitrogen and oxygen atoms in total. The standard InChI is InChI=1S/C35H64O4/c1-3-5-6-7-8-9-10-11-12-13-14-15-16-17-18-19-20-21-22-23-24-25-26-27-28-29-30-33(32-34(36)37)35(38)39-31-4-2/h4,24-25,33H,2-3,5-23,26-32H2,1H3,(H,36,37)/b25-24+. The van der Waals surface area contributed by atoms with Crippen molar-refractivity contribution in [3.05, 3.63) is 24.8 Å². The van der Waals surface area contributed by atoms with Gasteiger partial charge in [0.1, 0.15) is 6.61 Å². The van der Waals surface area contributed by atoms with Gasteiger partial charge in [0.25, 0.3) is 0 Å². The second-order valence-corrected chi connectivity index (χ2v) is 11.5. The highest BCUT2D eigenvalue weighted by atomic mass is 16.5. The zero-order valence-electron chi connectivity index (χ0n) is 25.8. The number of allylic oxidation sites excluding steroid dienone is 2. The van der Waals surface area contributed by atoms with Crippen LogP contribution in [0.3, 0.4) is 0 Å². The molecule has 0 radical (unpaired) electrons. The van der Waals surface area contributed by atoms with Crippen LogP contribution in [0, 0.1) is 5.92 Å². The van der Waals surface area contributed by atoms with Gasteiger partial charge in [-0.05, 0) is 32.1 Å². The molecule has 0 fully saturated rings. The summed E-state index contributed by atoms with van der Waals surface area (Å²) in [6, 6.07) is 0. The van der Waals surface area contributed by atoms with E-state index in [2.05, 4.69) is 25.7 Å². The molecule has 0 rings (SSSR count). The fourth-order valence-electron chi connectivity index (χ4n) is 5.18. The van der Waals surface area contributed by atoms with Crippen LogP contribution < -0.4 is 0 Å². The molecule has 0 saturated carbocycles. The Kier molecular flexibility index (Phi) is 29.7. The van der Waals surface area contributed by atoms with Crippen LogP contribution in [0.5, 0.6) is 0 Å². The molecule has 0 aliphatic heterocycles. The number of ether oxygens (including phenoxy) is 1. The SMILES string of the molecule is C=CCOC(=O)C(CCCCC/C=C/CCCCCCCCCCCCCCCCCCCCC)CC(=O)O. The molecule has 1 atom stereocenters. The Balaban J connectivity index is 3.37. The lowest BCUT2D eigenvalue weighted by molar-refractivity contribution is -0.152. The molecule has 39 heavy (non-hydrogen) atoms. The van der Waals surface area contributed by atoms with Gasteiger partial charge in [-0.2, -0.15) is 0 Å². The van der Waals surface area contributed by atoms with Gasteiger partial charge < -0.3 is 9.84 Å². The lowest BCUT2D eigenvalue weighted by atomic mass is 9.97. The van der Waals surface area contributed by atoms with Crippen molar-refractivity contribution in [2.75, 3.05) is 6.61 Å². The molecule has 0 aliphatic carbocycles. The molecule has 0 aromatic heterocycles. The number of hydrogen-bond donors (Lipinski definition) is 1. The van der Waals surface area contributed by atoms with Gasteiger partial charge in [-0.15, -0.1) is 0 Å². The van der Waals surface area contributed by atoms with Crippen molar-refractivity contribution in [2.45, 2.75) is 174 Å². The van der Waals surface area contributed by atoms with E-state index in [1.807, 2.05) is 0 Å². The molecule has 0 aromatic rings. The third kappa shape index (κ3) is 29.2. The molecule has 0 heterocycles. The monoisotopic (exact) mass is 548 g/mol. The van der Waals surface area contributed by atoms with E-state index >= 15 is 0 Å². The lowest BCUT2D eigenvalue weighted by Gasteiger charge is -2.13. The van der Waals surface area contributed by atoms with Crippen LogP contribution in [0.25, 0.3) is 0 Å². The minimum atomic E-state index is -0.951. The minimum absolute atomic E-state index is 0.138. The van der Waals surface area contributed by atoms with E-state index in [0.29, 0.717) is 6.42 Å². The first-order chi connectivity index (χ1) is 19.1. The van der Waals surface area contributed by atoms with E-state index < -0.39 is 17.9 Å². The fraction of sp³-hybridized carbons (Fsp3) is 0.829. The zero-order chi connectivity index (χ0) is 28.7. The molecule has 0 bridgehead atoms. The first-order valence-electron chi connectivity index (χ1n) is 16.8. The summed E-state index contributed by atoms with van der Waals surface area (Å²) in [6.07, 6.45) is 38.6.